The molecule has 0 bridgehead atoms. The molecular formula is C84H62N4O48. The number of esters is 10. The molecule has 0 spiro atoms. The lowest BCUT2D eigenvalue weighted by molar-refractivity contribution is -0.282. The number of imidazole rings is 1. The van der Waals surface area contributed by atoms with Crippen molar-refractivity contribution in [3.8, 4) is 172 Å². The number of fused-ring (bicyclic) bond motifs is 1. The van der Waals surface area contributed by atoms with Gasteiger partial charge in [-0.05, 0) is 121 Å². The van der Waals surface area contributed by atoms with Gasteiger partial charge in [-0.1, -0.05) is 0 Å². The first-order valence-corrected chi connectivity index (χ1v) is 37.3. The van der Waals surface area contributed by atoms with Crippen molar-refractivity contribution in [3.05, 3.63) is 204 Å². The van der Waals surface area contributed by atoms with Crippen molar-refractivity contribution in [1.29, 1.82) is 0 Å². The number of aryl methyl sites for hydroxylation is 2. The van der Waals surface area contributed by atoms with Crippen LogP contribution < -0.4 is 34.9 Å². The first-order valence-electron chi connectivity index (χ1n) is 37.3. The van der Waals surface area contributed by atoms with Gasteiger partial charge in [0.05, 0.1) is 62.0 Å². The van der Waals surface area contributed by atoms with E-state index in [0.29, 0.717) is 132 Å². The molecule has 1 aliphatic heterocycles. The molecule has 13 rings (SSSR count). The minimum Gasteiger partial charge on any atom is -0.504 e. The van der Waals surface area contributed by atoms with Gasteiger partial charge in [0.25, 0.3) is 5.56 Å². The van der Waals surface area contributed by atoms with Gasteiger partial charge in [-0.25, -0.2) is 57.7 Å². The normalized spacial score (nSPS) is 14.3. The van der Waals surface area contributed by atoms with Crippen LogP contribution in [0.15, 0.2) is 137 Å². The smallest absolute Gasteiger partial charge is 0.343 e. The van der Waals surface area contributed by atoms with E-state index in [0.717, 1.165) is 4.57 Å². The molecule has 2 aromatic heterocycles. The predicted molar refractivity (Wildman–Crippen MR) is 434 cm³/mol. The van der Waals surface area contributed by atoms with Gasteiger partial charge in [0, 0.05) is 21.1 Å². The van der Waals surface area contributed by atoms with Crippen molar-refractivity contribution in [2.75, 3.05) is 6.61 Å². The highest BCUT2D eigenvalue weighted by molar-refractivity contribution is 6.00. The fourth-order valence-corrected chi connectivity index (χ4v) is 12.3. The Bertz CT molecular complexity index is 7080. The summed E-state index contributed by atoms with van der Waals surface area (Å²) in [6.07, 6.45) is -13.5. The lowest BCUT2D eigenvalue weighted by Crippen LogP contribution is -2.63. The molecule has 52 nitrogen and oxygen atoms in total. The van der Waals surface area contributed by atoms with Crippen molar-refractivity contribution in [3.63, 3.8) is 0 Å². The number of ether oxygens (including phenoxy) is 11. The van der Waals surface area contributed by atoms with Gasteiger partial charge in [0.1, 0.15) is 12.7 Å². The molecule has 1 fully saturated rings. The maximum atomic E-state index is 15.3. The number of nitrogens with zero attached hydrogens (tertiary/aromatic N) is 4. The quantitative estimate of drug-likeness (QED) is 0.0210. The summed E-state index contributed by atoms with van der Waals surface area (Å²) in [4.78, 5) is 170. The van der Waals surface area contributed by atoms with Crippen molar-refractivity contribution in [2.24, 2.45) is 21.1 Å². The molecule has 12 aromatic rings. The Kier molecular flexibility index (Phi) is 26.1. The third kappa shape index (κ3) is 19.4. The van der Waals surface area contributed by atoms with Crippen LogP contribution in [0.3, 0.4) is 0 Å². The number of aromatic nitrogens is 4. The van der Waals surface area contributed by atoms with Crippen LogP contribution in [0.2, 0.25) is 0 Å². The largest absolute Gasteiger partial charge is 0.504 e. The average Bonchev–Trinajstić information content (AvgIpc) is 1.69. The molecule has 0 radical (unpaired) electrons. The molecule has 136 heavy (non-hydrogen) atoms. The summed E-state index contributed by atoms with van der Waals surface area (Å²) in [5, 5.41) is 261. The van der Waals surface area contributed by atoms with E-state index in [9.17, 15) is 171 Å². The van der Waals surface area contributed by atoms with E-state index in [2.05, 4.69) is 4.98 Å². The van der Waals surface area contributed by atoms with Crippen molar-refractivity contribution in [1.82, 2.24) is 18.7 Å². The van der Waals surface area contributed by atoms with Gasteiger partial charge in [-0.15, -0.1) is 0 Å². The molecule has 1 saturated heterocycles. The van der Waals surface area contributed by atoms with Crippen LogP contribution in [0.25, 0.3) is 11.2 Å². The Morgan fingerprint density at radius 1 is 0.279 bits per heavy atom. The first kappa shape index (κ1) is 95.1. The molecule has 0 amide bonds. The lowest BCUT2D eigenvalue weighted by Gasteiger charge is -2.43. The minimum absolute atomic E-state index is 0.295. The zero-order valence-electron chi connectivity index (χ0n) is 68.1. The second-order valence-electron chi connectivity index (χ2n) is 28.4. The van der Waals surface area contributed by atoms with Crippen molar-refractivity contribution in [2.45, 2.75) is 30.7 Å². The van der Waals surface area contributed by atoms with E-state index in [4.69, 9.17) is 52.1 Å². The summed E-state index contributed by atoms with van der Waals surface area (Å²) >= 11 is 0. The standard InChI is InChI=1S/C76H52O46.C8H10N4O2/c77-32-1-22(2-33(78)53(32)92)67(103)113-47-16-27(11-42(87)58(47)97)66(102)112-21-52-63(119-72(108)28-12-43(88)59(98)48(17-28)114-68(104)23-3-34(79)54(93)35(80)4-23)64(120-73(109)29-13-44(89)60(99)49(18-29)115-69(105)24-5-36(81)55(94)37(82)6-24)65(121-74(110)30-14-45(90)61(100)50(19-30)116-70(106)25-7-38(83)56(95)39(84)8-25)76(118-52)122-75(111)31-15-46(91)62(101)51(20-31)117-71(107)26-9-40(85)57(96)41(86)10-26;1-10-4-9-6-5(10)7(13)12(3)8(14)11(6)2/h1-20,52,63-65,76-101H,21H2;4H,1-3H3/t52-,63-,64+,65-,76+;/m1./s1. The maximum Gasteiger partial charge on any atom is 0.343 e. The minimum atomic E-state index is -3.12. The highest BCUT2D eigenvalue weighted by atomic mass is 16.8. The predicted octanol–water partition coefficient (Wildman–Crippen LogP) is 3.81. The van der Waals surface area contributed by atoms with E-state index in [-0.39, 0.29) is 11.2 Å². The number of hydrogen-bond donors (Lipinski definition) is 25. The van der Waals surface area contributed by atoms with Crippen LogP contribution in [0.4, 0.5) is 0 Å². The molecule has 0 unspecified atom stereocenters. The number of phenols is 25. The van der Waals surface area contributed by atoms with Crippen LogP contribution in [0.1, 0.15) is 104 Å². The van der Waals surface area contributed by atoms with E-state index in [1.54, 1.807) is 18.7 Å². The molecule has 10 aromatic carbocycles. The molecule has 0 saturated carbocycles. The number of aromatic hydroxyl groups is 25. The highest BCUT2D eigenvalue weighted by Crippen LogP contribution is 2.48. The molecule has 5 atom stereocenters. The van der Waals surface area contributed by atoms with E-state index >= 15 is 14.4 Å². The monoisotopic (exact) mass is 1890 g/mol. The number of phenolic OH excluding ortho intramolecular Hbond substituents is 25. The van der Waals surface area contributed by atoms with Gasteiger partial charge in [0.15, 0.2) is 167 Å². The number of benzene rings is 10. The molecule has 52 heteroatoms. The van der Waals surface area contributed by atoms with Crippen molar-refractivity contribution < 1.29 is 228 Å². The molecule has 1 aliphatic rings. The van der Waals surface area contributed by atoms with Crippen LogP contribution in [0.5, 0.6) is 172 Å². The SMILES string of the molecule is Cn1c(=O)c2c(ncn2C)n(C)c1=O.O=C(OC[C@H]1O[C@@H](OC(=O)c2cc(O)c(O)c(OC(=O)c3cc(O)c(O)c(O)c3)c2)[C@H](OC(=O)c2cc(O)c(O)c(OC(=O)c3cc(O)c(O)c(O)c3)c2)[C@@H](OC(=O)c2cc(O)c(O)c(OC(=O)c3cc(O)c(O)c(O)c3)c2)[C@@H]1OC(=O)c1cc(O)c(O)c(OC(=O)c2cc(O)c(O)c(O)c2)c1)c1cc(O)c(O)c(OC(=O)c2cc(O)c(O)c(O)c2)c1. The van der Waals surface area contributed by atoms with Gasteiger partial charge in [-0.2, -0.15) is 0 Å². The van der Waals surface area contributed by atoms with Crippen LogP contribution in [0, 0.1) is 0 Å². The third-order valence-corrected chi connectivity index (χ3v) is 19.2. The fraction of sp³-hybridized carbons (Fsp3) is 0.107. The molecule has 0 aliphatic carbocycles. The van der Waals surface area contributed by atoms with Crippen LogP contribution in [-0.2, 0) is 49.6 Å². The van der Waals surface area contributed by atoms with Crippen LogP contribution >= 0.6 is 0 Å². The van der Waals surface area contributed by atoms with Crippen LogP contribution in [-0.4, -0.2) is 243 Å². The summed E-state index contributed by atoms with van der Waals surface area (Å²) < 4.78 is 64.5. The summed E-state index contributed by atoms with van der Waals surface area (Å²) in [7, 11) is 4.77. The molecular weight excluding hydrogens is 1830 g/mol. The first-order chi connectivity index (χ1) is 63.9. The number of rotatable bonds is 21. The Labute approximate surface area is 749 Å². The number of carbonyl (C=O) groups excluding carboxylic acids is 10. The molecule has 3 heterocycles. The van der Waals surface area contributed by atoms with E-state index in [1.807, 2.05) is 0 Å². The third-order valence-electron chi connectivity index (χ3n) is 19.2. The van der Waals surface area contributed by atoms with Gasteiger partial charge >= 0.3 is 65.4 Å². The lowest BCUT2D eigenvalue weighted by atomic mass is 9.97. The number of hydrogen-bond acceptors (Lipinski definition) is 49. The Balaban J connectivity index is 0.00000108. The Morgan fingerprint density at radius 3 is 0.765 bits per heavy atom. The topological polar surface area (TPSA) is 840 Å². The summed E-state index contributed by atoms with van der Waals surface area (Å²) in [5.74, 6) is -56.0. The van der Waals surface area contributed by atoms with Gasteiger partial charge < -0.3 is 184 Å². The Morgan fingerprint density at radius 2 is 0.500 bits per heavy atom. The summed E-state index contributed by atoms with van der Waals surface area (Å²) in [6, 6.07) is 8.56. The highest BCUT2D eigenvalue weighted by Gasteiger charge is 2.55. The molecule has 25 N–H and O–H groups in total. The summed E-state index contributed by atoms with van der Waals surface area (Å²) in [6.45, 7) is -1.71. The Hall–Kier alpha value is -20.0. The zero-order chi connectivity index (χ0) is 99.8. The van der Waals surface area contributed by atoms with Gasteiger partial charge in [-0.3, -0.25) is 13.9 Å². The maximum absolute atomic E-state index is 15.3. The zero-order valence-corrected chi connectivity index (χ0v) is 68.1. The summed E-state index contributed by atoms with van der Waals surface area (Å²) in [5.41, 5.74) is -9.71. The molecule has 706 valence electrons. The van der Waals surface area contributed by atoms with Gasteiger partial charge in [0.2, 0.25) is 41.1 Å². The average molecular weight is 1900 g/mol. The fourth-order valence-electron chi connectivity index (χ4n) is 12.3. The second-order valence-corrected chi connectivity index (χ2v) is 28.4. The van der Waals surface area contributed by atoms with E-state index in [1.165, 1.54) is 17.9 Å². The second kappa shape index (κ2) is 37.4. The number of carbonyl (C=O) groups is 10. The van der Waals surface area contributed by atoms with E-state index < -0.39 is 325 Å². The van der Waals surface area contributed by atoms with Crippen molar-refractivity contribution >= 4 is 70.9 Å².